The second-order valence-corrected chi connectivity index (χ2v) is 19.6. The summed E-state index contributed by atoms with van der Waals surface area (Å²) >= 11 is 0. The molecule has 0 radical (unpaired) electrons. The highest BCUT2D eigenvalue weighted by molar-refractivity contribution is 7.89. The normalized spacial score (nSPS) is 20.4. The Balaban J connectivity index is 1.77. The maximum Gasteiger partial charge on any atom is 0.243 e. The number of benzene rings is 2. The molecule has 0 aromatic heterocycles. The summed E-state index contributed by atoms with van der Waals surface area (Å²) in [5.74, 6) is 0.0808. The first-order valence-corrected chi connectivity index (χ1v) is 18.4. The van der Waals surface area contributed by atoms with Crippen LogP contribution in [0, 0.1) is 6.92 Å². The average molecular weight is 525 g/mol. The summed E-state index contributed by atoms with van der Waals surface area (Å²) < 4.78 is 62.2. The lowest BCUT2D eigenvalue weighted by atomic mass is 10.1. The number of hydrogen-bond acceptors (Lipinski definition) is 5. The molecule has 1 saturated heterocycles. The summed E-state index contributed by atoms with van der Waals surface area (Å²) in [7, 11) is -8.73. The van der Waals surface area contributed by atoms with E-state index in [1.165, 1.54) is 4.31 Å². The Kier molecular flexibility index (Phi) is 8.75. The molecule has 2 atom stereocenters. The van der Waals surface area contributed by atoms with Crippen LogP contribution in [-0.2, 0) is 31.2 Å². The van der Waals surface area contributed by atoms with Crippen molar-refractivity contribution in [2.24, 2.45) is 0 Å². The van der Waals surface area contributed by atoms with Crippen LogP contribution in [-0.4, -0.2) is 66.8 Å². The van der Waals surface area contributed by atoms with Crippen molar-refractivity contribution in [2.45, 2.75) is 56.1 Å². The molecule has 0 aliphatic carbocycles. The highest BCUT2D eigenvalue weighted by Crippen LogP contribution is 2.25. The van der Waals surface area contributed by atoms with Gasteiger partial charge in [-0.15, -0.1) is 0 Å². The Morgan fingerprint density at radius 2 is 1.65 bits per heavy atom. The van der Waals surface area contributed by atoms with Crippen LogP contribution in [0.3, 0.4) is 0 Å². The van der Waals surface area contributed by atoms with E-state index < -0.39 is 34.2 Å². The molecule has 3 rings (SSSR count). The SMILES string of the molecule is Cc1ccc(S(=O)(=O)N2C[C@H](CNS(=O)(=O)CC[Si](C)(C)C)OC[C@@H]2Cc2ccccc2)cc1. The van der Waals surface area contributed by atoms with Crippen molar-refractivity contribution in [1.29, 1.82) is 0 Å². The lowest BCUT2D eigenvalue weighted by molar-refractivity contribution is -0.0283. The molecule has 0 bridgehead atoms. The fourth-order valence-corrected chi connectivity index (χ4v) is 9.53. The zero-order chi connectivity index (χ0) is 25.0. The molecular weight excluding hydrogens is 488 g/mol. The van der Waals surface area contributed by atoms with Crippen molar-refractivity contribution in [1.82, 2.24) is 9.03 Å². The zero-order valence-electron chi connectivity index (χ0n) is 20.4. The van der Waals surface area contributed by atoms with Crippen molar-refractivity contribution in [3.05, 3.63) is 65.7 Å². The molecule has 1 aliphatic rings. The second-order valence-electron chi connectivity index (χ2n) is 10.2. The van der Waals surface area contributed by atoms with Crippen molar-refractivity contribution >= 4 is 28.1 Å². The van der Waals surface area contributed by atoms with Crippen LogP contribution in [0.1, 0.15) is 11.1 Å². The third kappa shape index (κ3) is 7.72. The minimum atomic E-state index is -3.78. The molecule has 0 amide bonds. The number of aryl methyl sites for hydroxylation is 1. The molecule has 1 aliphatic heterocycles. The number of sulfonamides is 2. The van der Waals surface area contributed by atoms with E-state index in [0.29, 0.717) is 12.5 Å². The zero-order valence-corrected chi connectivity index (χ0v) is 23.0. The summed E-state index contributed by atoms with van der Waals surface area (Å²) in [5, 5.41) is 0. The van der Waals surface area contributed by atoms with Crippen LogP contribution >= 0.6 is 0 Å². The Bertz CT molecular complexity index is 1150. The van der Waals surface area contributed by atoms with Crippen LogP contribution in [0.25, 0.3) is 0 Å². The molecule has 34 heavy (non-hydrogen) atoms. The second kappa shape index (κ2) is 11.0. The van der Waals surface area contributed by atoms with Crippen molar-refractivity contribution in [3.8, 4) is 0 Å². The highest BCUT2D eigenvalue weighted by Gasteiger charge is 2.38. The van der Waals surface area contributed by atoms with E-state index in [1.54, 1.807) is 24.3 Å². The first-order valence-electron chi connectivity index (χ1n) is 11.6. The molecule has 1 N–H and O–H groups in total. The smallest absolute Gasteiger partial charge is 0.243 e. The maximum atomic E-state index is 13.6. The largest absolute Gasteiger partial charge is 0.374 e. The molecular formula is C24H36N2O5S2Si. The maximum absolute atomic E-state index is 13.6. The van der Waals surface area contributed by atoms with Gasteiger partial charge in [-0.1, -0.05) is 67.7 Å². The topological polar surface area (TPSA) is 92.8 Å². The van der Waals surface area contributed by atoms with Gasteiger partial charge in [-0.3, -0.25) is 0 Å². The monoisotopic (exact) mass is 524 g/mol. The van der Waals surface area contributed by atoms with Gasteiger partial charge in [0.2, 0.25) is 20.0 Å². The molecule has 1 fully saturated rings. The fraction of sp³-hybridized carbons (Fsp3) is 0.500. The van der Waals surface area contributed by atoms with Gasteiger partial charge >= 0.3 is 0 Å². The lowest BCUT2D eigenvalue weighted by Gasteiger charge is -2.39. The molecule has 10 heteroatoms. The Morgan fingerprint density at radius 3 is 2.26 bits per heavy atom. The molecule has 2 aromatic rings. The fourth-order valence-electron chi connectivity index (χ4n) is 3.78. The van der Waals surface area contributed by atoms with Gasteiger partial charge in [-0.25, -0.2) is 21.6 Å². The quantitative estimate of drug-likeness (QED) is 0.482. The summed E-state index contributed by atoms with van der Waals surface area (Å²) in [6.45, 7) is 8.64. The lowest BCUT2D eigenvalue weighted by Crippen LogP contribution is -2.55. The van der Waals surface area contributed by atoms with Gasteiger partial charge < -0.3 is 4.74 Å². The van der Waals surface area contributed by atoms with E-state index in [0.717, 1.165) is 11.1 Å². The number of nitrogens with zero attached hydrogens (tertiary/aromatic N) is 1. The van der Waals surface area contributed by atoms with Crippen molar-refractivity contribution in [2.75, 3.05) is 25.4 Å². The van der Waals surface area contributed by atoms with Crippen molar-refractivity contribution in [3.63, 3.8) is 0 Å². The summed E-state index contributed by atoms with van der Waals surface area (Å²) in [6.07, 6.45) is -0.0467. The number of rotatable bonds is 10. The first kappa shape index (κ1) is 27.0. The number of nitrogens with one attached hydrogen (secondary N) is 1. The summed E-state index contributed by atoms with van der Waals surface area (Å²) in [6, 6.07) is 16.8. The minimum Gasteiger partial charge on any atom is -0.374 e. The molecule has 2 aromatic carbocycles. The van der Waals surface area contributed by atoms with Gasteiger partial charge in [-0.2, -0.15) is 4.31 Å². The van der Waals surface area contributed by atoms with Crippen LogP contribution in [0.4, 0.5) is 0 Å². The van der Waals surface area contributed by atoms with E-state index in [1.807, 2.05) is 37.3 Å². The molecule has 188 valence electrons. The Labute approximate surface area is 205 Å². The number of ether oxygens (including phenoxy) is 1. The van der Waals surface area contributed by atoms with Gasteiger partial charge in [0, 0.05) is 21.2 Å². The molecule has 0 spiro atoms. The molecule has 0 unspecified atom stereocenters. The van der Waals surface area contributed by atoms with E-state index in [9.17, 15) is 16.8 Å². The van der Waals surface area contributed by atoms with E-state index in [2.05, 4.69) is 24.4 Å². The van der Waals surface area contributed by atoms with E-state index >= 15 is 0 Å². The van der Waals surface area contributed by atoms with Gasteiger partial charge in [0.05, 0.1) is 29.4 Å². The van der Waals surface area contributed by atoms with Crippen LogP contribution in [0.15, 0.2) is 59.5 Å². The summed E-state index contributed by atoms with van der Waals surface area (Å²) in [5.41, 5.74) is 2.00. The number of hydrogen-bond donors (Lipinski definition) is 1. The van der Waals surface area contributed by atoms with Gasteiger partial charge in [-0.05, 0) is 37.1 Å². The average Bonchev–Trinajstić information content (AvgIpc) is 2.78. The Morgan fingerprint density at radius 1 is 1.00 bits per heavy atom. The minimum absolute atomic E-state index is 0.0476. The van der Waals surface area contributed by atoms with Gasteiger partial charge in [0.1, 0.15) is 0 Å². The van der Waals surface area contributed by atoms with Crippen LogP contribution in [0.2, 0.25) is 25.7 Å². The third-order valence-electron chi connectivity index (χ3n) is 5.91. The van der Waals surface area contributed by atoms with Crippen LogP contribution in [0.5, 0.6) is 0 Å². The first-order chi connectivity index (χ1) is 15.9. The predicted octanol–water partition coefficient (Wildman–Crippen LogP) is 3.25. The summed E-state index contributed by atoms with van der Waals surface area (Å²) in [4.78, 5) is 0.229. The molecule has 0 saturated carbocycles. The molecule has 7 nitrogen and oxygen atoms in total. The van der Waals surface area contributed by atoms with Gasteiger partial charge in [0.25, 0.3) is 0 Å². The Hall–Kier alpha value is -1.56. The van der Waals surface area contributed by atoms with Crippen LogP contribution < -0.4 is 4.72 Å². The number of morpholine rings is 1. The van der Waals surface area contributed by atoms with Gasteiger partial charge in [0.15, 0.2) is 0 Å². The third-order valence-corrected chi connectivity index (χ3v) is 11.3. The van der Waals surface area contributed by atoms with E-state index in [-0.39, 0.29) is 36.4 Å². The predicted molar refractivity (Wildman–Crippen MR) is 139 cm³/mol. The van der Waals surface area contributed by atoms with E-state index in [4.69, 9.17) is 4.74 Å². The highest BCUT2D eigenvalue weighted by atomic mass is 32.2. The molecule has 1 heterocycles. The van der Waals surface area contributed by atoms with Crippen molar-refractivity contribution < 1.29 is 21.6 Å². The standard InChI is InChI=1S/C24H36N2O5S2Si/c1-20-10-12-24(13-11-20)33(29,30)26-18-23(17-25-32(27,28)14-15-34(2,3)4)31-19-22(26)16-21-8-6-5-7-9-21/h5-13,22-23,25H,14-19H2,1-4H3/t22-,23-/m0/s1.